The highest BCUT2D eigenvalue weighted by molar-refractivity contribution is 7.89. The van der Waals surface area contributed by atoms with Gasteiger partial charge in [0.2, 0.25) is 0 Å². The number of aldehydes is 1. The van der Waals surface area contributed by atoms with E-state index in [1.807, 2.05) is 30.3 Å². The van der Waals surface area contributed by atoms with Crippen molar-refractivity contribution in [1.29, 1.82) is 0 Å². The third-order valence-corrected chi connectivity index (χ3v) is 3.59. The highest BCUT2D eigenvalue weighted by Crippen LogP contribution is 2.21. The Morgan fingerprint density at radius 1 is 1.00 bits per heavy atom. The Kier molecular flexibility index (Phi) is 3.81. The Morgan fingerprint density at radius 3 is 2.26 bits per heavy atom. The second kappa shape index (κ2) is 5.36. The Morgan fingerprint density at radius 2 is 1.68 bits per heavy atom. The Hall–Kier alpha value is -1.94. The van der Waals surface area contributed by atoms with E-state index in [0.29, 0.717) is 5.56 Å². The van der Waals surface area contributed by atoms with E-state index in [9.17, 15) is 13.2 Å². The van der Waals surface area contributed by atoms with E-state index in [-0.39, 0.29) is 5.75 Å². The zero-order valence-electron chi connectivity index (χ0n) is 10.5. The first-order valence-electron chi connectivity index (χ1n) is 5.80. The Bertz CT molecular complexity index is 686. The topological polar surface area (TPSA) is 51.2 Å². The second-order valence-electron chi connectivity index (χ2n) is 4.51. The lowest BCUT2D eigenvalue weighted by Gasteiger charge is -2.05. The first-order valence-corrected chi connectivity index (χ1v) is 7.86. The summed E-state index contributed by atoms with van der Waals surface area (Å²) < 4.78 is 22.6. The van der Waals surface area contributed by atoms with Crippen molar-refractivity contribution in [1.82, 2.24) is 0 Å². The average molecular weight is 274 g/mol. The van der Waals surface area contributed by atoms with Crippen LogP contribution in [0.3, 0.4) is 0 Å². The molecule has 0 heterocycles. The molecule has 0 saturated heterocycles. The number of rotatable bonds is 4. The van der Waals surface area contributed by atoms with E-state index in [4.69, 9.17) is 0 Å². The summed E-state index contributed by atoms with van der Waals surface area (Å²) in [6, 6.07) is 14.6. The van der Waals surface area contributed by atoms with Gasteiger partial charge in [0.15, 0.2) is 9.84 Å². The quantitative estimate of drug-likeness (QED) is 0.805. The largest absolute Gasteiger partial charge is 0.298 e. The Balaban J connectivity index is 2.34. The van der Waals surface area contributed by atoms with Crippen LogP contribution in [0.25, 0.3) is 11.1 Å². The van der Waals surface area contributed by atoms with Crippen LogP contribution in [0.2, 0.25) is 0 Å². The lowest BCUT2D eigenvalue weighted by atomic mass is 10.0. The molecule has 0 spiro atoms. The van der Waals surface area contributed by atoms with Crippen LogP contribution in [0, 0.1) is 0 Å². The van der Waals surface area contributed by atoms with Crippen molar-refractivity contribution >= 4 is 16.1 Å². The SMILES string of the molecule is CS(=O)(=O)Cc1cccc(-c2ccc(C=O)cc2)c1. The molecule has 0 fully saturated rings. The summed E-state index contributed by atoms with van der Waals surface area (Å²) in [5, 5.41) is 0. The van der Waals surface area contributed by atoms with Gasteiger partial charge in [-0.15, -0.1) is 0 Å². The number of sulfone groups is 1. The summed E-state index contributed by atoms with van der Waals surface area (Å²) >= 11 is 0. The monoisotopic (exact) mass is 274 g/mol. The minimum Gasteiger partial charge on any atom is -0.298 e. The van der Waals surface area contributed by atoms with Crippen molar-refractivity contribution in [2.45, 2.75) is 5.75 Å². The van der Waals surface area contributed by atoms with Gasteiger partial charge in [0.25, 0.3) is 0 Å². The summed E-state index contributed by atoms with van der Waals surface area (Å²) in [7, 11) is -3.03. The van der Waals surface area contributed by atoms with Gasteiger partial charge in [-0.25, -0.2) is 8.42 Å². The molecular formula is C15H14O3S. The highest BCUT2D eigenvalue weighted by Gasteiger charge is 2.06. The van der Waals surface area contributed by atoms with Crippen molar-refractivity contribution in [3.8, 4) is 11.1 Å². The van der Waals surface area contributed by atoms with Crippen LogP contribution in [0.4, 0.5) is 0 Å². The van der Waals surface area contributed by atoms with Gasteiger partial charge >= 0.3 is 0 Å². The molecule has 0 radical (unpaired) electrons. The molecule has 0 bridgehead atoms. The maximum atomic E-state index is 11.3. The van der Waals surface area contributed by atoms with Gasteiger partial charge in [0.05, 0.1) is 5.75 Å². The smallest absolute Gasteiger partial charge is 0.151 e. The second-order valence-corrected chi connectivity index (χ2v) is 6.65. The van der Waals surface area contributed by atoms with Gasteiger partial charge in [0.1, 0.15) is 6.29 Å². The van der Waals surface area contributed by atoms with Crippen molar-refractivity contribution < 1.29 is 13.2 Å². The number of hydrogen-bond acceptors (Lipinski definition) is 3. The third-order valence-electron chi connectivity index (χ3n) is 2.74. The van der Waals surface area contributed by atoms with Crippen LogP contribution in [-0.4, -0.2) is 21.0 Å². The summed E-state index contributed by atoms with van der Waals surface area (Å²) in [6.07, 6.45) is 2.02. The molecule has 0 aliphatic heterocycles. The van der Waals surface area contributed by atoms with Gasteiger partial charge in [0, 0.05) is 11.8 Å². The molecule has 19 heavy (non-hydrogen) atoms. The van der Waals surface area contributed by atoms with Crippen molar-refractivity contribution in [2.75, 3.05) is 6.26 Å². The molecule has 4 heteroatoms. The van der Waals surface area contributed by atoms with Gasteiger partial charge in [-0.2, -0.15) is 0 Å². The molecule has 2 aromatic rings. The van der Waals surface area contributed by atoms with Crippen molar-refractivity contribution in [2.24, 2.45) is 0 Å². The van der Waals surface area contributed by atoms with E-state index in [2.05, 4.69) is 0 Å². The van der Waals surface area contributed by atoms with Crippen molar-refractivity contribution in [3.63, 3.8) is 0 Å². The molecule has 0 aromatic heterocycles. The molecule has 0 N–H and O–H groups in total. The summed E-state index contributed by atoms with van der Waals surface area (Å²) in [5.41, 5.74) is 3.29. The normalized spacial score (nSPS) is 11.2. The van der Waals surface area contributed by atoms with Gasteiger partial charge < -0.3 is 0 Å². The molecule has 0 saturated carbocycles. The Labute approximate surface area is 112 Å². The minimum atomic E-state index is -3.03. The first kappa shape index (κ1) is 13.5. The van der Waals surface area contributed by atoms with Crippen LogP contribution < -0.4 is 0 Å². The molecule has 0 aliphatic rings. The average Bonchev–Trinajstić information content (AvgIpc) is 2.37. The van der Waals surface area contributed by atoms with E-state index in [0.717, 1.165) is 23.0 Å². The fourth-order valence-electron chi connectivity index (χ4n) is 1.90. The van der Waals surface area contributed by atoms with Gasteiger partial charge in [-0.1, -0.05) is 48.5 Å². The van der Waals surface area contributed by atoms with E-state index < -0.39 is 9.84 Å². The van der Waals surface area contributed by atoms with E-state index in [1.165, 1.54) is 6.26 Å². The maximum Gasteiger partial charge on any atom is 0.151 e. The maximum absolute atomic E-state index is 11.3. The molecule has 0 aliphatic carbocycles. The molecule has 3 nitrogen and oxygen atoms in total. The number of hydrogen-bond donors (Lipinski definition) is 0. The summed E-state index contributed by atoms with van der Waals surface area (Å²) in [4.78, 5) is 10.6. The predicted octanol–water partition coefficient (Wildman–Crippen LogP) is 2.71. The molecule has 0 amide bonds. The highest BCUT2D eigenvalue weighted by atomic mass is 32.2. The summed E-state index contributed by atoms with van der Waals surface area (Å²) in [6.45, 7) is 0. The molecular weight excluding hydrogens is 260 g/mol. The molecule has 0 atom stereocenters. The third kappa shape index (κ3) is 3.76. The number of carbonyl (C=O) groups excluding carboxylic acids is 1. The van der Waals surface area contributed by atoms with Crippen LogP contribution >= 0.6 is 0 Å². The van der Waals surface area contributed by atoms with Crippen LogP contribution in [0.5, 0.6) is 0 Å². The van der Waals surface area contributed by atoms with Crippen molar-refractivity contribution in [3.05, 3.63) is 59.7 Å². The number of benzene rings is 2. The van der Waals surface area contributed by atoms with Gasteiger partial charge in [-0.3, -0.25) is 4.79 Å². The molecule has 2 rings (SSSR count). The lowest BCUT2D eigenvalue weighted by molar-refractivity contribution is 0.112. The van der Waals surface area contributed by atoms with Crippen LogP contribution in [0.1, 0.15) is 15.9 Å². The zero-order chi connectivity index (χ0) is 13.9. The fraction of sp³-hybridized carbons (Fsp3) is 0.133. The molecule has 98 valence electrons. The van der Waals surface area contributed by atoms with Gasteiger partial charge in [-0.05, 0) is 16.7 Å². The van der Waals surface area contributed by atoms with E-state index >= 15 is 0 Å². The summed E-state index contributed by atoms with van der Waals surface area (Å²) in [5.74, 6) is 0.0350. The number of carbonyl (C=O) groups is 1. The standard InChI is InChI=1S/C15H14O3S/c1-19(17,18)11-13-3-2-4-15(9-13)14-7-5-12(10-16)6-8-14/h2-10H,11H2,1H3. The predicted molar refractivity (Wildman–Crippen MR) is 75.8 cm³/mol. The van der Waals surface area contributed by atoms with E-state index in [1.54, 1.807) is 18.2 Å². The minimum absolute atomic E-state index is 0.0350. The lowest BCUT2D eigenvalue weighted by Crippen LogP contribution is -2.00. The first-order chi connectivity index (χ1) is 8.98. The zero-order valence-corrected chi connectivity index (χ0v) is 11.4. The van der Waals surface area contributed by atoms with Crippen LogP contribution in [0.15, 0.2) is 48.5 Å². The van der Waals surface area contributed by atoms with Crippen LogP contribution in [-0.2, 0) is 15.6 Å². The fourth-order valence-corrected chi connectivity index (χ4v) is 2.68. The molecule has 0 unspecified atom stereocenters. The molecule has 2 aromatic carbocycles.